The van der Waals surface area contributed by atoms with Gasteiger partial charge >= 0.3 is 11.9 Å². The lowest BCUT2D eigenvalue weighted by Gasteiger charge is -2.08. The van der Waals surface area contributed by atoms with E-state index in [2.05, 4.69) is 4.74 Å². The predicted octanol–water partition coefficient (Wildman–Crippen LogP) is 0.686. The Balaban J connectivity index is 3.99. The first-order valence-corrected chi connectivity index (χ1v) is 4.32. The van der Waals surface area contributed by atoms with Crippen molar-refractivity contribution in [1.82, 2.24) is 0 Å². The molecule has 2 N–H and O–H groups in total. The Hall–Kier alpha value is -1.56. The molecule has 0 aliphatic rings. The lowest BCUT2D eigenvalue weighted by molar-refractivity contribution is -0.141. The van der Waals surface area contributed by atoms with Gasteiger partial charge in [0.1, 0.15) is 0 Å². The van der Waals surface area contributed by atoms with Gasteiger partial charge in [-0.05, 0) is 5.92 Å². The van der Waals surface area contributed by atoms with Crippen LogP contribution < -0.4 is 0 Å². The van der Waals surface area contributed by atoms with Crippen molar-refractivity contribution in [2.24, 2.45) is 5.92 Å². The van der Waals surface area contributed by atoms with E-state index in [1.165, 1.54) is 0 Å². The van der Waals surface area contributed by atoms with Gasteiger partial charge in [0, 0.05) is 0 Å². The summed E-state index contributed by atoms with van der Waals surface area (Å²) in [6.07, 6.45) is 0.473. The molecule has 0 saturated carbocycles. The van der Waals surface area contributed by atoms with Crippen LogP contribution in [0.1, 0.15) is 13.8 Å². The minimum atomic E-state index is -1.44. The third-order valence-electron chi connectivity index (χ3n) is 1.21. The number of hydrogen-bond acceptors (Lipinski definition) is 4. The Bertz CT molecular complexity index is 255. The zero-order valence-corrected chi connectivity index (χ0v) is 8.60. The molecule has 6 nitrogen and oxygen atoms in total. The molecule has 0 atom stereocenters. The highest BCUT2D eigenvalue weighted by molar-refractivity contribution is 5.92. The van der Waals surface area contributed by atoms with E-state index in [0.717, 1.165) is 0 Å². The predicted molar refractivity (Wildman–Crippen MR) is 50.1 cm³/mol. The van der Waals surface area contributed by atoms with Crippen molar-refractivity contribution in [3.05, 3.63) is 11.8 Å². The van der Waals surface area contributed by atoms with Crippen LogP contribution in [0.5, 0.6) is 0 Å². The average molecular weight is 218 g/mol. The highest BCUT2D eigenvalue weighted by atomic mass is 16.7. The van der Waals surface area contributed by atoms with Crippen molar-refractivity contribution >= 4 is 11.9 Å². The summed E-state index contributed by atoms with van der Waals surface area (Å²) in [6.45, 7) is 3.99. The summed E-state index contributed by atoms with van der Waals surface area (Å²) >= 11 is 0. The summed E-state index contributed by atoms with van der Waals surface area (Å²) in [6, 6.07) is 0. The van der Waals surface area contributed by atoms with Gasteiger partial charge in [0.25, 0.3) is 0 Å². The topological polar surface area (TPSA) is 93.1 Å². The van der Waals surface area contributed by atoms with Crippen LogP contribution in [0.25, 0.3) is 0 Å². The molecule has 6 heteroatoms. The van der Waals surface area contributed by atoms with Crippen LogP contribution in [0.15, 0.2) is 11.8 Å². The molecular formula is C9H14O6. The van der Waals surface area contributed by atoms with Crippen molar-refractivity contribution in [3.8, 4) is 0 Å². The highest BCUT2D eigenvalue weighted by Crippen LogP contribution is 1.99. The van der Waals surface area contributed by atoms with E-state index >= 15 is 0 Å². The van der Waals surface area contributed by atoms with Crippen molar-refractivity contribution in [1.29, 1.82) is 0 Å². The normalized spacial score (nSPS) is 11.5. The number of rotatable bonds is 7. The van der Waals surface area contributed by atoms with Crippen molar-refractivity contribution in [3.63, 3.8) is 0 Å². The Morgan fingerprint density at radius 1 is 1.33 bits per heavy atom. The Morgan fingerprint density at radius 3 is 2.33 bits per heavy atom. The standard InChI is InChI=1S/C9H14O6/c1-6(2)4-14-5-15-7(9(12)13)3-8(10)11/h3,6H,4-5H2,1-2H3,(H,10,11)(H,12,13)/b7-3+. The summed E-state index contributed by atoms with van der Waals surface area (Å²) < 4.78 is 9.56. The molecule has 0 aromatic rings. The maximum Gasteiger partial charge on any atom is 0.371 e. The van der Waals surface area contributed by atoms with E-state index in [1.54, 1.807) is 0 Å². The molecule has 0 fully saturated rings. The lowest BCUT2D eigenvalue weighted by atomic mass is 10.2. The van der Waals surface area contributed by atoms with Gasteiger partial charge in [0.05, 0.1) is 12.7 Å². The Kier molecular flexibility index (Phi) is 6.12. The number of ether oxygens (including phenoxy) is 2. The number of carboxylic acid groups (broad SMARTS) is 2. The molecule has 0 aliphatic carbocycles. The number of hydrogen-bond donors (Lipinski definition) is 2. The van der Waals surface area contributed by atoms with Gasteiger partial charge < -0.3 is 19.7 Å². The molecule has 0 radical (unpaired) electrons. The SMILES string of the molecule is CC(C)COCO/C(=C/C(=O)O)C(=O)O. The summed E-state index contributed by atoms with van der Waals surface area (Å²) in [7, 11) is 0. The second-order valence-corrected chi connectivity index (χ2v) is 3.18. The fourth-order valence-electron chi connectivity index (χ4n) is 0.666. The van der Waals surface area contributed by atoms with Crippen LogP contribution in [0.3, 0.4) is 0 Å². The molecule has 0 saturated heterocycles. The van der Waals surface area contributed by atoms with E-state index in [9.17, 15) is 9.59 Å². The van der Waals surface area contributed by atoms with Crippen molar-refractivity contribution < 1.29 is 29.3 Å². The number of carboxylic acids is 2. The zero-order chi connectivity index (χ0) is 11.8. The molecule has 0 rings (SSSR count). The van der Waals surface area contributed by atoms with E-state index in [-0.39, 0.29) is 6.79 Å². The second kappa shape index (κ2) is 6.83. The van der Waals surface area contributed by atoms with Crippen LogP contribution in [-0.2, 0) is 19.1 Å². The molecule has 0 aromatic carbocycles. The summed E-state index contributed by atoms with van der Waals surface area (Å²) in [5.41, 5.74) is 0. The zero-order valence-electron chi connectivity index (χ0n) is 8.60. The fourth-order valence-corrected chi connectivity index (χ4v) is 0.666. The fraction of sp³-hybridized carbons (Fsp3) is 0.556. The van der Waals surface area contributed by atoms with E-state index in [0.29, 0.717) is 18.6 Å². The highest BCUT2D eigenvalue weighted by Gasteiger charge is 2.10. The first kappa shape index (κ1) is 13.4. The maximum absolute atomic E-state index is 10.5. The Morgan fingerprint density at radius 2 is 1.93 bits per heavy atom. The summed E-state index contributed by atoms with van der Waals surface area (Å²) in [5.74, 6) is -3.17. The van der Waals surface area contributed by atoms with E-state index in [4.69, 9.17) is 14.9 Å². The van der Waals surface area contributed by atoms with Gasteiger partial charge in [0.15, 0.2) is 6.79 Å². The third-order valence-corrected chi connectivity index (χ3v) is 1.21. The molecule has 0 aromatic heterocycles. The van der Waals surface area contributed by atoms with Crippen LogP contribution in [-0.4, -0.2) is 35.6 Å². The first-order valence-electron chi connectivity index (χ1n) is 4.32. The molecule has 0 aliphatic heterocycles. The molecule has 0 bridgehead atoms. The van der Waals surface area contributed by atoms with Gasteiger partial charge in [-0.3, -0.25) is 0 Å². The minimum Gasteiger partial charge on any atom is -0.478 e. The largest absolute Gasteiger partial charge is 0.478 e. The molecule has 0 amide bonds. The van der Waals surface area contributed by atoms with Crippen LogP contribution in [0.4, 0.5) is 0 Å². The van der Waals surface area contributed by atoms with E-state index in [1.807, 2.05) is 13.8 Å². The molecule has 86 valence electrons. The van der Waals surface area contributed by atoms with Gasteiger partial charge in [-0.25, -0.2) is 9.59 Å². The lowest BCUT2D eigenvalue weighted by Crippen LogP contribution is -2.12. The second-order valence-electron chi connectivity index (χ2n) is 3.18. The van der Waals surface area contributed by atoms with Crippen LogP contribution >= 0.6 is 0 Å². The summed E-state index contributed by atoms with van der Waals surface area (Å²) in [4.78, 5) is 20.6. The van der Waals surface area contributed by atoms with Crippen molar-refractivity contribution in [2.75, 3.05) is 13.4 Å². The molecule has 0 spiro atoms. The quantitative estimate of drug-likeness (QED) is 0.282. The third kappa shape index (κ3) is 7.51. The summed E-state index contributed by atoms with van der Waals surface area (Å²) in [5, 5.41) is 16.8. The van der Waals surface area contributed by atoms with Gasteiger partial charge in [0.2, 0.25) is 5.76 Å². The molecule has 15 heavy (non-hydrogen) atoms. The van der Waals surface area contributed by atoms with Crippen LogP contribution in [0, 0.1) is 5.92 Å². The monoisotopic (exact) mass is 218 g/mol. The molecular weight excluding hydrogens is 204 g/mol. The van der Waals surface area contributed by atoms with Crippen LogP contribution in [0.2, 0.25) is 0 Å². The number of carbonyl (C=O) groups is 2. The minimum absolute atomic E-state index is 0.274. The first-order chi connectivity index (χ1) is 6.93. The van der Waals surface area contributed by atoms with Crippen molar-refractivity contribution in [2.45, 2.75) is 13.8 Å². The number of aliphatic carboxylic acids is 2. The maximum atomic E-state index is 10.5. The van der Waals surface area contributed by atoms with E-state index < -0.39 is 17.7 Å². The van der Waals surface area contributed by atoms with Gasteiger partial charge in [-0.1, -0.05) is 13.8 Å². The smallest absolute Gasteiger partial charge is 0.371 e. The molecule has 0 heterocycles. The molecule has 0 unspecified atom stereocenters. The van der Waals surface area contributed by atoms with Gasteiger partial charge in [-0.2, -0.15) is 0 Å². The average Bonchev–Trinajstić information content (AvgIpc) is 2.08. The Labute approximate surface area is 87.1 Å². The van der Waals surface area contributed by atoms with Gasteiger partial charge in [-0.15, -0.1) is 0 Å².